The number of carbonyl (C=O) groups excluding carboxylic acids is 1. The van der Waals surface area contributed by atoms with Crippen molar-refractivity contribution in [3.63, 3.8) is 0 Å². The molecule has 0 atom stereocenters. The van der Waals surface area contributed by atoms with Gasteiger partial charge in [0.2, 0.25) is 0 Å². The Labute approximate surface area is 109 Å². The fraction of sp³-hybridized carbons (Fsp3) is 0.154. The van der Waals surface area contributed by atoms with E-state index in [0.717, 1.165) is 16.8 Å². The van der Waals surface area contributed by atoms with Crippen LogP contribution in [0.1, 0.15) is 20.8 Å². The molecule has 1 aromatic heterocycles. The minimum Gasteiger partial charge on any atom is -0.321 e. The zero-order valence-electron chi connectivity index (χ0n) is 9.58. The van der Waals surface area contributed by atoms with Gasteiger partial charge in [-0.1, -0.05) is 29.8 Å². The summed E-state index contributed by atoms with van der Waals surface area (Å²) in [5, 5.41) is 2.92. The number of benzene rings is 1. The van der Waals surface area contributed by atoms with Crippen LogP contribution in [0.15, 0.2) is 30.3 Å². The maximum Gasteiger partial charge on any atom is 0.265 e. The highest BCUT2D eigenvalue weighted by atomic mass is 35.5. The monoisotopic (exact) mass is 265 g/mol. The number of rotatable bonds is 2. The molecule has 0 saturated carbocycles. The number of thiophene rings is 1. The van der Waals surface area contributed by atoms with Crippen LogP contribution in [-0.2, 0) is 0 Å². The molecule has 0 spiro atoms. The number of para-hydroxylation sites is 1. The van der Waals surface area contributed by atoms with E-state index in [9.17, 15) is 4.79 Å². The summed E-state index contributed by atoms with van der Waals surface area (Å²) in [6.45, 7) is 3.95. The van der Waals surface area contributed by atoms with E-state index in [2.05, 4.69) is 5.32 Å². The Bertz CT molecular complexity index is 542. The first-order valence-corrected chi connectivity index (χ1v) is 6.40. The Balaban J connectivity index is 2.24. The average molecular weight is 266 g/mol. The van der Waals surface area contributed by atoms with Crippen molar-refractivity contribution < 1.29 is 4.79 Å². The van der Waals surface area contributed by atoms with Gasteiger partial charge in [-0.25, -0.2) is 0 Å². The first kappa shape index (κ1) is 12.1. The summed E-state index contributed by atoms with van der Waals surface area (Å²) in [4.78, 5) is 12.6. The van der Waals surface area contributed by atoms with Gasteiger partial charge in [0.15, 0.2) is 0 Å². The first-order valence-electron chi connectivity index (χ1n) is 5.21. The van der Waals surface area contributed by atoms with E-state index in [4.69, 9.17) is 11.6 Å². The van der Waals surface area contributed by atoms with Gasteiger partial charge >= 0.3 is 0 Å². The standard InChI is InChI=1S/C13H12ClNOS/c1-8-4-3-5-9(2)12(8)15-13(16)10-6-7-11(14)17-10/h3-7H,1-2H3,(H,15,16). The zero-order chi connectivity index (χ0) is 12.4. The summed E-state index contributed by atoms with van der Waals surface area (Å²) in [6, 6.07) is 9.39. The molecule has 17 heavy (non-hydrogen) atoms. The van der Waals surface area contributed by atoms with Gasteiger partial charge in [0.25, 0.3) is 5.91 Å². The van der Waals surface area contributed by atoms with Gasteiger partial charge in [0.1, 0.15) is 0 Å². The van der Waals surface area contributed by atoms with Gasteiger partial charge in [0, 0.05) is 5.69 Å². The fourth-order valence-corrected chi connectivity index (χ4v) is 2.56. The van der Waals surface area contributed by atoms with Crippen molar-refractivity contribution in [1.82, 2.24) is 0 Å². The zero-order valence-corrected chi connectivity index (χ0v) is 11.2. The van der Waals surface area contributed by atoms with E-state index < -0.39 is 0 Å². The third kappa shape index (κ3) is 2.68. The Kier molecular flexibility index (Phi) is 3.50. The summed E-state index contributed by atoms with van der Waals surface area (Å²) in [5.74, 6) is -0.112. The fourth-order valence-electron chi connectivity index (χ4n) is 1.62. The second kappa shape index (κ2) is 4.90. The van der Waals surface area contributed by atoms with E-state index in [1.54, 1.807) is 12.1 Å². The SMILES string of the molecule is Cc1cccc(C)c1NC(=O)c1ccc(Cl)s1. The third-order valence-electron chi connectivity index (χ3n) is 2.52. The van der Waals surface area contributed by atoms with E-state index in [0.29, 0.717) is 9.21 Å². The van der Waals surface area contributed by atoms with E-state index in [-0.39, 0.29) is 5.91 Å². The van der Waals surface area contributed by atoms with Crippen LogP contribution in [0.25, 0.3) is 0 Å². The number of anilines is 1. The average Bonchev–Trinajstić information content (AvgIpc) is 2.70. The van der Waals surface area contributed by atoms with E-state index >= 15 is 0 Å². The number of aryl methyl sites for hydroxylation is 2. The Morgan fingerprint density at radius 1 is 1.18 bits per heavy atom. The van der Waals surface area contributed by atoms with Gasteiger partial charge in [-0.3, -0.25) is 4.79 Å². The molecule has 2 rings (SSSR count). The van der Waals surface area contributed by atoms with Crippen LogP contribution in [0, 0.1) is 13.8 Å². The Morgan fingerprint density at radius 2 is 1.82 bits per heavy atom. The van der Waals surface area contributed by atoms with Gasteiger partial charge < -0.3 is 5.32 Å². The molecule has 1 heterocycles. The molecule has 1 aromatic carbocycles. The topological polar surface area (TPSA) is 29.1 Å². The Morgan fingerprint density at radius 3 is 2.35 bits per heavy atom. The maximum atomic E-state index is 12.0. The lowest BCUT2D eigenvalue weighted by molar-refractivity contribution is 0.103. The molecule has 4 heteroatoms. The number of amides is 1. The third-order valence-corrected chi connectivity index (χ3v) is 3.75. The largest absolute Gasteiger partial charge is 0.321 e. The minimum absolute atomic E-state index is 0.112. The predicted molar refractivity (Wildman–Crippen MR) is 73.2 cm³/mol. The summed E-state index contributed by atoms with van der Waals surface area (Å²) in [7, 11) is 0. The molecule has 1 N–H and O–H groups in total. The molecule has 2 aromatic rings. The van der Waals surface area contributed by atoms with Crippen molar-refractivity contribution in [1.29, 1.82) is 0 Å². The molecule has 0 radical (unpaired) electrons. The minimum atomic E-state index is -0.112. The van der Waals surface area contributed by atoms with E-state index in [1.807, 2.05) is 32.0 Å². The molecule has 88 valence electrons. The maximum absolute atomic E-state index is 12.0. The highest BCUT2D eigenvalue weighted by Crippen LogP contribution is 2.24. The molecule has 0 fully saturated rings. The van der Waals surface area contributed by atoms with Crippen LogP contribution in [0.3, 0.4) is 0 Å². The molecule has 0 aliphatic heterocycles. The van der Waals surface area contributed by atoms with E-state index in [1.165, 1.54) is 11.3 Å². The van der Waals surface area contributed by atoms with Crippen molar-refractivity contribution in [2.75, 3.05) is 5.32 Å². The van der Waals surface area contributed by atoms with Crippen molar-refractivity contribution in [3.8, 4) is 0 Å². The van der Waals surface area contributed by atoms with Crippen LogP contribution in [-0.4, -0.2) is 5.91 Å². The second-order valence-corrected chi connectivity index (χ2v) is 5.54. The number of nitrogens with one attached hydrogen (secondary N) is 1. The number of halogens is 1. The molecule has 0 unspecified atom stereocenters. The van der Waals surface area contributed by atoms with Gasteiger partial charge in [-0.05, 0) is 37.1 Å². The van der Waals surface area contributed by atoms with Crippen LogP contribution in [0.2, 0.25) is 4.34 Å². The van der Waals surface area contributed by atoms with Crippen molar-refractivity contribution in [3.05, 3.63) is 50.7 Å². The predicted octanol–water partition coefficient (Wildman–Crippen LogP) is 4.27. The van der Waals surface area contributed by atoms with Crippen LogP contribution >= 0.6 is 22.9 Å². The highest BCUT2D eigenvalue weighted by molar-refractivity contribution is 7.18. The second-order valence-electron chi connectivity index (χ2n) is 3.82. The normalized spacial score (nSPS) is 10.3. The quantitative estimate of drug-likeness (QED) is 0.863. The van der Waals surface area contributed by atoms with Gasteiger partial charge in [-0.2, -0.15) is 0 Å². The number of hydrogen-bond donors (Lipinski definition) is 1. The lowest BCUT2D eigenvalue weighted by Crippen LogP contribution is -2.12. The summed E-state index contributed by atoms with van der Waals surface area (Å²) >= 11 is 7.09. The number of hydrogen-bond acceptors (Lipinski definition) is 2. The molecule has 0 bridgehead atoms. The van der Waals surface area contributed by atoms with Gasteiger partial charge in [-0.15, -0.1) is 11.3 Å². The Hall–Kier alpha value is -1.32. The molecule has 0 aliphatic carbocycles. The molecule has 1 amide bonds. The molecular formula is C13H12ClNOS. The highest BCUT2D eigenvalue weighted by Gasteiger charge is 2.11. The smallest absolute Gasteiger partial charge is 0.265 e. The summed E-state index contributed by atoms with van der Waals surface area (Å²) in [5.41, 5.74) is 2.99. The van der Waals surface area contributed by atoms with Gasteiger partial charge in [0.05, 0.1) is 9.21 Å². The molecule has 0 aliphatic rings. The summed E-state index contributed by atoms with van der Waals surface area (Å²) < 4.78 is 0.622. The van der Waals surface area contributed by atoms with Crippen molar-refractivity contribution in [2.24, 2.45) is 0 Å². The lowest BCUT2D eigenvalue weighted by atomic mass is 10.1. The lowest BCUT2D eigenvalue weighted by Gasteiger charge is -2.10. The molecular weight excluding hydrogens is 254 g/mol. The first-order chi connectivity index (χ1) is 8.08. The summed E-state index contributed by atoms with van der Waals surface area (Å²) in [6.07, 6.45) is 0. The molecule has 0 saturated heterocycles. The number of carbonyl (C=O) groups is 1. The van der Waals surface area contributed by atoms with Crippen LogP contribution in [0.4, 0.5) is 5.69 Å². The van der Waals surface area contributed by atoms with Crippen LogP contribution < -0.4 is 5.32 Å². The van der Waals surface area contributed by atoms with Crippen molar-refractivity contribution >= 4 is 34.5 Å². The molecule has 2 nitrogen and oxygen atoms in total. The van der Waals surface area contributed by atoms with Crippen molar-refractivity contribution in [2.45, 2.75) is 13.8 Å². The van der Waals surface area contributed by atoms with Crippen LogP contribution in [0.5, 0.6) is 0 Å².